The number of hydrogen-bond acceptors (Lipinski definition) is 6. The van der Waals surface area contributed by atoms with Crippen LogP contribution in [-0.2, 0) is 19.4 Å². The second-order valence-electron chi connectivity index (χ2n) is 5.34. The molecule has 2 aromatic carbocycles. The Hall–Kier alpha value is -2.60. The van der Waals surface area contributed by atoms with Gasteiger partial charge in [0.25, 0.3) is 5.91 Å². The Kier molecular flexibility index (Phi) is 6.44. The molecular formula is C17H12Cl2N2O5S. The van der Waals surface area contributed by atoms with E-state index >= 15 is 0 Å². The number of amides is 1. The van der Waals surface area contributed by atoms with Gasteiger partial charge >= 0.3 is 5.97 Å². The average Bonchev–Trinajstić information content (AvgIpc) is 2.59. The highest BCUT2D eigenvalue weighted by molar-refractivity contribution is 7.90. The Morgan fingerprint density at radius 3 is 2.44 bits per heavy atom. The number of nitriles is 1. The Morgan fingerprint density at radius 2 is 1.85 bits per heavy atom. The van der Waals surface area contributed by atoms with Gasteiger partial charge in [-0.1, -0.05) is 23.2 Å². The summed E-state index contributed by atoms with van der Waals surface area (Å²) < 4.78 is 28.0. The molecule has 0 radical (unpaired) electrons. The fourth-order valence-electron chi connectivity index (χ4n) is 1.98. The van der Waals surface area contributed by atoms with E-state index in [1.165, 1.54) is 30.3 Å². The summed E-state index contributed by atoms with van der Waals surface area (Å²) in [5.41, 5.74) is 0.396. The topological polar surface area (TPSA) is 113 Å². The third-order valence-electron chi connectivity index (χ3n) is 3.29. The van der Waals surface area contributed by atoms with Crippen LogP contribution in [0.1, 0.15) is 15.9 Å². The Labute approximate surface area is 165 Å². The molecule has 2 rings (SSSR count). The summed E-state index contributed by atoms with van der Waals surface area (Å²) in [6.07, 6.45) is 0.988. The Morgan fingerprint density at radius 1 is 1.15 bits per heavy atom. The van der Waals surface area contributed by atoms with Crippen molar-refractivity contribution in [3.05, 3.63) is 57.6 Å². The molecule has 10 heteroatoms. The number of anilines is 1. The molecule has 0 fully saturated rings. The van der Waals surface area contributed by atoms with Crippen molar-refractivity contribution in [3.8, 4) is 6.07 Å². The van der Waals surface area contributed by atoms with Gasteiger partial charge in [0.15, 0.2) is 16.4 Å². The number of benzene rings is 2. The quantitative estimate of drug-likeness (QED) is 0.734. The third kappa shape index (κ3) is 5.44. The smallest absolute Gasteiger partial charge is 0.340 e. The van der Waals surface area contributed by atoms with Gasteiger partial charge in [-0.25, -0.2) is 13.2 Å². The van der Waals surface area contributed by atoms with E-state index in [0.717, 1.165) is 12.3 Å². The number of ether oxygens (including phenoxy) is 1. The minimum Gasteiger partial charge on any atom is -0.452 e. The molecular weight excluding hydrogens is 415 g/mol. The standard InChI is InChI=1S/C17H12Cl2N2O5S/c1-27(24,25)12-4-5-14(18)13(7-12)17(23)26-9-16(22)21-11-3-2-10(8-20)15(19)6-11/h2-7H,9H2,1H3,(H,21,22). The van der Waals surface area contributed by atoms with E-state index in [4.69, 9.17) is 33.2 Å². The van der Waals surface area contributed by atoms with Crippen LogP contribution in [0.25, 0.3) is 0 Å². The van der Waals surface area contributed by atoms with E-state index in [9.17, 15) is 18.0 Å². The average molecular weight is 427 g/mol. The number of carbonyl (C=O) groups is 2. The Balaban J connectivity index is 2.04. The number of hydrogen-bond donors (Lipinski definition) is 1. The zero-order valence-corrected chi connectivity index (χ0v) is 16.2. The first-order chi connectivity index (χ1) is 12.6. The number of nitrogens with one attached hydrogen (secondary N) is 1. The predicted molar refractivity (Wildman–Crippen MR) is 99.6 cm³/mol. The molecule has 0 heterocycles. The molecule has 0 aliphatic carbocycles. The lowest BCUT2D eigenvalue weighted by molar-refractivity contribution is -0.119. The molecule has 140 valence electrons. The fraction of sp³-hybridized carbons (Fsp3) is 0.118. The van der Waals surface area contributed by atoms with Gasteiger partial charge in [0, 0.05) is 11.9 Å². The van der Waals surface area contributed by atoms with Crippen LogP contribution in [0.3, 0.4) is 0 Å². The molecule has 0 spiro atoms. The fourth-order valence-corrected chi connectivity index (χ4v) is 3.05. The van der Waals surface area contributed by atoms with E-state index < -0.39 is 28.3 Å². The number of carbonyl (C=O) groups excluding carboxylic acids is 2. The van der Waals surface area contributed by atoms with Crippen LogP contribution < -0.4 is 5.32 Å². The van der Waals surface area contributed by atoms with Gasteiger partial charge in [-0.05, 0) is 36.4 Å². The monoisotopic (exact) mass is 426 g/mol. The SMILES string of the molecule is CS(=O)(=O)c1ccc(Cl)c(C(=O)OCC(=O)Nc2ccc(C#N)c(Cl)c2)c1. The second-order valence-corrected chi connectivity index (χ2v) is 8.17. The molecule has 7 nitrogen and oxygen atoms in total. The van der Waals surface area contributed by atoms with Crippen LogP contribution in [-0.4, -0.2) is 33.2 Å². The van der Waals surface area contributed by atoms with Crippen LogP contribution >= 0.6 is 23.2 Å². The molecule has 0 aliphatic rings. The number of nitrogens with zero attached hydrogens (tertiary/aromatic N) is 1. The molecule has 27 heavy (non-hydrogen) atoms. The summed E-state index contributed by atoms with van der Waals surface area (Å²) in [6, 6.07) is 9.76. The summed E-state index contributed by atoms with van der Waals surface area (Å²) in [5.74, 6) is -1.60. The third-order valence-corrected chi connectivity index (χ3v) is 5.05. The van der Waals surface area contributed by atoms with E-state index in [-0.39, 0.29) is 26.1 Å². The highest BCUT2D eigenvalue weighted by Gasteiger charge is 2.18. The van der Waals surface area contributed by atoms with Crippen LogP contribution in [0.15, 0.2) is 41.3 Å². The second kappa shape index (κ2) is 8.39. The molecule has 1 N–H and O–H groups in total. The van der Waals surface area contributed by atoms with E-state index in [1.54, 1.807) is 0 Å². The highest BCUT2D eigenvalue weighted by Crippen LogP contribution is 2.22. The van der Waals surface area contributed by atoms with Crippen molar-refractivity contribution >= 4 is 50.6 Å². The number of esters is 1. The number of rotatable bonds is 5. The van der Waals surface area contributed by atoms with Gasteiger partial charge in [0.1, 0.15) is 6.07 Å². The van der Waals surface area contributed by atoms with Crippen molar-refractivity contribution in [2.75, 3.05) is 18.2 Å². The summed E-state index contributed by atoms with van der Waals surface area (Å²) in [5, 5.41) is 11.4. The maximum absolute atomic E-state index is 12.1. The first-order valence-electron chi connectivity index (χ1n) is 7.28. The molecule has 0 atom stereocenters. The van der Waals surface area contributed by atoms with E-state index in [0.29, 0.717) is 5.69 Å². The lowest BCUT2D eigenvalue weighted by Gasteiger charge is -2.09. The summed E-state index contributed by atoms with van der Waals surface area (Å²) >= 11 is 11.8. The first kappa shape index (κ1) is 20.7. The Bertz CT molecular complexity index is 1060. The van der Waals surface area contributed by atoms with E-state index in [1.807, 2.05) is 6.07 Å². The lowest BCUT2D eigenvalue weighted by Crippen LogP contribution is -2.21. The summed E-state index contributed by atoms with van der Waals surface area (Å²) in [4.78, 5) is 23.9. The predicted octanol–water partition coefficient (Wildman–Crippen LogP) is 3.06. The maximum atomic E-state index is 12.1. The van der Waals surface area contributed by atoms with Crippen LogP contribution in [0, 0.1) is 11.3 Å². The number of sulfone groups is 1. The van der Waals surface area contributed by atoms with Gasteiger partial charge in [0.05, 0.1) is 26.1 Å². The van der Waals surface area contributed by atoms with Crippen LogP contribution in [0.2, 0.25) is 10.0 Å². The molecule has 0 saturated heterocycles. The van der Waals surface area contributed by atoms with Crippen molar-refractivity contribution in [3.63, 3.8) is 0 Å². The van der Waals surface area contributed by atoms with Gasteiger partial charge < -0.3 is 10.1 Å². The zero-order valence-electron chi connectivity index (χ0n) is 13.8. The molecule has 0 aromatic heterocycles. The van der Waals surface area contributed by atoms with Crippen LogP contribution in [0.4, 0.5) is 5.69 Å². The van der Waals surface area contributed by atoms with Crippen molar-refractivity contribution in [1.29, 1.82) is 5.26 Å². The number of halogens is 2. The summed E-state index contributed by atoms with van der Waals surface area (Å²) in [7, 11) is -3.54. The summed E-state index contributed by atoms with van der Waals surface area (Å²) in [6.45, 7) is -0.629. The maximum Gasteiger partial charge on any atom is 0.340 e. The van der Waals surface area contributed by atoms with Gasteiger partial charge in [-0.3, -0.25) is 4.79 Å². The molecule has 0 saturated carbocycles. The molecule has 2 aromatic rings. The molecule has 0 bridgehead atoms. The minimum atomic E-state index is -3.54. The first-order valence-corrected chi connectivity index (χ1v) is 9.93. The van der Waals surface area contributed by atoms with Gasteiger partial charge in [0.2, 0.25) is 0 Å². The molecule has 1 amide bonds. The lowest BCUT2D eigenvalue weighted by atomic mass is 10.2. The highest BCUT2D eigenvalue weighted by atomic mass is 35.5. The van der Waals surface area contributed by atoms with Gasteiger partial charge in [-0.15, -0.1) is 0 Å². The zero-order chi connectivity index (χ0) is 20.2. The van der Waals surface area contributed by atoms with Crippen molar-refractivity contribution in [1.82, 2.24) is 0 Å². The van der Waals surface area contributed by atoms with Crippen molar-refractivity contribution in [2.24, 2.45) is 0 Å². The van der Waals surface area contributed by atoms with E-state index in [2.05, 4.69) is 5.32 Å². The normalized spacial score (nSPS) is 10.7. The van der Waals surface area contributed by atoms with Crippen molar-refractivity contribution < 1.29 is 22.7 Å². The minimum absolute atomic E-state index is 0.00770. The van der Waals surface area contributed by atoms with Crippen molar-refractivity contribution in [2.45, 2.75) is 4.90 Å². The molecule has 0 unspecified atom stereocenters. The van der Waals surface area contributed by atoms with Crippen LogP contribution in [0.5, 0.6) is 0 Å². The molecule has 0 aliphatic heterocycles. The largest absolute Gasteiger partial charge is 0.452 e. The van der Waals surface area contributed by atoms with Gasteiger partial charge in [-0.2, -0.15) is 5.26 Å².